The first-order chi connectivity index (χ1) is 6.68. The highest BCUT2D eigenvalue weighted by molar-refractivity contribution is 9.10. The van der Waals surface area contributed by atoms with E-state index in [1.165, 1.54) is 12.4 Å². The molecule has 1 N–H and O–H groups in total. The van der Waals surface area contributed by atoms with E-state index in [0.717, 1.165) is 0 Å². The molecule has 0 spiro atoms. The van der Waals surface area contributed by atoms with Gasteiger partial charge < -0.3 is 9.84 Å². The minimum atomic E-state index is -0.819. The maximum atomic E-state index is 10.2. The maximum Gasteiger partial charge on any atom is 0.303 e. The van der Waals surface area contributed by atoms with Crippen molar-refractivity contribution in [2.24, 2.45) is 0 Å². The van der Waals surface area contributed by atoms with Crippen LogP contribution in [0.15, 0.2) is 17.1 Å². The molecular formula is C8H9BrN2O3. The van der Waals surface area contributed by atoms with E-state index < -0.39 is 5.97 Å². The molecule has 0 atom stereocenters. The minimum absolute atomic E-state index is 0.109. The van der Waals surface area contributed by atoms with Crippen LogP contribution in [0.2, 0.25) is 0 Å². The highest BCUT2D eigenvalue weighted by Gasteiger charge is 1.98. The summed E-state index contributed by atoms with van der Waals surface area (Å²) in [7, 11) is 0. The lowest BCUT2D eigenvalue weighted by Gasteiger charge is -2.03. The molecule has 0 aliphatic heterocycles. The first-order valence-corrected chi connectivity index (χ1v) is 4.80. The summed E-state index contributed by atoms with van der Waals surface area (Å²) in [5.74, 6) is -0.278. The van der Waals surface area contributed by atoms with Crippen molar-refractivity contribution < 1.29 is 14.6 Å². The fraction of sp³-hybridized carbons (Fsp3) is 0.375. The lowest BCUT2D eigenvalue weighted by Crippen LogP contribution is -2.02. The van der Waals surface area contributed by atoms with Gasteiger partial charge >= 0.3 is 5.97 Å². The van der Waals surface area contributed by atoms with E-state index in [-0.39, 0.29) is 6.42 Å². The predicted molar refractivity (Wildman–Crippen MR) is 52.1 cm³/mol. The van der Waals surface area contributed by atoms with Crippen molar-refractivity contribution in [2.75, 3.05) is 6.61 Å². The van der Waals surface area contributed by atoms with Crippen LogP contribution in [0.3, 0.4) is 0 Å². The zero-order valence-corrected chi connectivity index (χ0v) is 8.90. The number of ether oxygens (including phenoxy) is 1. The van der Waals surface area contributed by atoms with Crippen molar-refractivity contribution in [3.8, 4) is 5.75 Å². The molecule has 0 fully saturated rings. The van der Waals surface area contributed by atoms with Crippen LogP contribution in [0.1, 0.15) is 12.8 Å². The van der Waals surface area contributed by atoms with Gasteiger partial charge in [-0.15, -0.1) is 0 Å². The second kappa shape index (κ2) is 5.54. The molecule has 0 aromatic carbocycles. The van der Waals surface area contributed by atoms with E-state index in [4.69, 9.17) is 9.84 Å². The summed E-state index contributed by atoms with van der Waals surface area (Å²) in [5, 5.41) is 8.36. The van der Waals surface area contributed by atoms with Crippen LogP contribution in [0.25, 0.3) is 0 Å². The molecule has 0 radical (unpaired) electrons. The lowest BCUT2D eigenvalue weighted by atomic mass is 10.3. The Balaban J connectivity index is 2.25. The van der Waals surface area contributed by atoms with Crippen LogP contribution >= 0.6 is 15.9 Å². The summed E-state index contributed by atoms with van der Waals surface area (Å²) in [5.41, 5.74) is 0. The number of carbonyl (C=O) groups is 1. The van der Waals surface area contributed by atoms with Gasteiger partial charge in [0.05, 0.1) is 19.0 Å². The molecule has 1 aromatic rings. The van der Waals surface area contributed by atoms with Gasteiger partial charge in [0, 0.05) is 6.42 Å². The van der Waals surface area contributed by atoms with Gasteiger partial charge in [-0.05, 0) is 22.4 Å². The molecule has 1 rings (SSSR count). The van der Waals surface area contributed by atoms with Crippen molar-refractivity contribution in [1.29, 1.82) is 0 Å². The van der Waals surface area contributed by atoms with Gasteiger partial charge in [0.15, 0.2) is 10.5 Å². The second-order valence-corrected chi connectivity index (χ2v) is 3.24. The zero-order valence-electron chi connectivity index (χ0n) is 7.31. The van der Waals surface area contributed by atoms with Crippen molar-refractivity contribution in [3.63, 3.8) is 0 Å². The highest BCUT2D eigenvalue weighted by Crippen LogP contribution is 2.09. The molecule has 6 heteroatoms. The Hall–Kier alpha value is -1.17. The van der Waals surface area contributed by atoms with Crippen LogP contribution in [0.4, 0.5) is 0 Å². The van der Waals surface area contributed by atoms with E-state index in [2.05, 4.69) is 25.9 Å². The number of halogens is 1. The quantitative estimate of drug-likeness (QED) is 0.642. The number of aliphatic carboxylic acids is 1. The van der Waals surface area contributed by atoms with Gasteiger partial charge in [0.1, 0.15) is 0 Å². The number of aromatic nitrogens is 2. The van der Waals surface area contributed by atoms with Crippen LogP contribution < -0.4 is 4.74 Å². The van der Waals surface area contributed by atoms with Gasteiger partial charge in [-0.3, -0.25) is 4.79 Å². The van der Waals surface area contributed by atoms with Gasteiger partial charge in [-0.25, -0.2) is 9.97 Å². The normalized spacial score (nSPS) is 9.79. The summed E-state index contributed by atoms with van der Waals surface area (Å²) < 4.78 is 5.70. The second-order valence-electron chi connectivity index (χ2n) is 2.53. The van der Waals surface area contributed by atoms with Gasteiger partial charge in [0.2, 0.25) is 0 Å². The maximum absolute atomic E-state index is 10.2. The molecule has 0 saturated heterocycles. The molecule has 0 unspecified atom stereocenters. The van der Waals surface area contributed by atoms with E-state index in [0.29, 0.717) is 23.5 Å². The van der Waals surface area contributed by atoms with E-state index in [1.807, 2.05) is 0 Å². The van der Waals surface area contributed by atoms with E-state index >= 15 is 0 Å². The number of hydrogen-bond donors (Lipinski definition) is 1. The zero-order chi connectivity index (χ0) is 10.4. The number of carboxylic acid groups (broad SMARTS) is 1. The van der Waals surface area contributed by atoms with Crippen LogP contribution in [-0.4, -0.2) is 27.7 Å². The van der Waals surface area contributed by atoms with Gasteiger partial charge in [0.25, 0.3) is 0 Å². The summed E-state index contributed by atoms with van der Waals surface area (Å²) in [6.07, 6.45) is 3.64. The molecule has 1 heterocycles. The summed E-state index contributed by atoms with van der Waals surface area (Å²) >= 11 is 3.09. The third kappa shape index (κ3) is 4.18. The number of hydrogen-bond acceptors (Lipinski definition) is 4. The Morgan fingerprint density at radius 3 is 2.71 bits per heavy atom. The molecular weight excluding hydrogens is 252 g/mol. The van der Waals surface area contributed by atoms with E-state index in [9.17, 15) is 4.79 Å². The van der Waals surface area contributed by atoms with Crippen molar-refractivity contribution in [1.82, 2.24) is 9.97 Å². The fourth-order valence-electron chi connectivity index (χ4n) is 0.788. The van der Waals surface area contributed by atoms with Crippen molar-refractivity contribution in [3.05, 3.63) is 17.1 Å². The molecule has 5 nitrogen and oxygen atoms in total. The minimum Gasteiger partial charge on any atom is -0.490 e. The van der Waals surface area contributed by atoms with Crippen molar-refractivity contribution in [2.45, 2.75) is 12.8 Å². The number of nitrogens with zero attached hydrogens (tertiary/aromatic N) is 2. The Morgan fingerprint density at radius 2 is 2.14 bits per heavy atom. The fourth-order valence-corrected chi connectivity index (χ4v) is 0.993. The Labute approximate surface area is 89.3 Å². The number of carboxylic acids is 1. The summed E-state index contributed by atoms with van der Waals surface area (Å²) in [6.45, 7) is 0.358. The Kier molecular flexibility index (Phi) is 4.31. The van der Waals surface area contributed by atoms with E-state index in [1.54, 1.807) is 0 Å². The third-order valence-electron chi connectivity index (χ3n) is 1.40. The van der Waals surface area contributed by atoms with Crippen LogP contribution in [0, 0.1) is 0 Å². The smallest absolute Gasteiger partial charge is 0.303 e. The summed E-state index contributed by atoms with van der Waals surface area (Å²) in [4.78, 5) is 17.9. The molecule has 1 aromatic heterocycles. The molecule has 0 amide bonds. The first kappa shape index (κ1) is 10.9. The van der Waals surface area contributed by atoms with Gasteiger partial charge in [-0.1, -0.05) is 0 Å². The molecule has 76 valence electrons. The van der Waals surface area contributed by atoms with Crippen LogP contribution in [-0.2, 0) is 4.79 Å². The molecule has 0 aliphatic carbocycles. The molecule has 0 saturated carbocycles. The lowest BCUT2D eigenvalue weighted by molar-refractivity contribution is -0.137. The standard InChI is InChI=1S/C8H9BrN2O3/c9-8-10-4-6(5-11-8)14-3-1-2-7(12)13/h4-5H,1-3H2,(H,12,13). The number of rotatable bonds is 5. The van der Waals surface area contributed by atoms with Crippen molar-refractivity contribution >= 4 is 21.9 Å². The largest absolute Gasteiger partial charge is 0.490 e. The highest BCUT2D eigenvalue weighted by atomic mass is 79.9. The molecule has 0 aliphatic rings. The predicted octanol–water partition coefficient (Wildman–Crippen LogP) is 1.48. The molecule has 0 bridgehead atoms. The topological polar surface area (TPSA) is 72.3 Å². The van der Waals surface area contributed by atoms with Gasteiger partial charge in [-0.2, -0.15) is 0 Å². The van der Waals surface area contributed by atoms with Crippen LogP contribution in [0.5, 0.6) is 5.75 Å². The first-order valence-electron chi connectivity index (χ1n) is 4.00. The molecule has 14 heavy (non-hydrogen) atoms. The summed E-state index contributed by atoms with van der Waals surface area (Å²) in [6, 6.07) is 0. The average Bonchev–Trinajstić information content (AvgIpc) is 2.15. The monoisotopic (exact) mass is 260 g/mol. The average molecular weight is 261 g/mol. The third-order valence-corrected chi connectivity index (χ3v) is 1.81. The SMILES string of the molecule is O=C(O)CCCOc1cnc(Br)nc1. The Morgan fingerprint density at radius 1 is 1.50 bits per heavy atom. The Bertz CT molecular complexity index is 302.